The maximum atomic E-state index is 12.2. The number of hydrogen-bond acceptors (Lipinski definition) is 4. The van der Waals surface area contributed by atoms with E-state index >= 15 is 0 Å². The summed E-state index contributed by atoms with van der Waals surface area (Å²) in [7, 11) is -6.80. The predicted octanol–water partition coefficient (Wildman–Crippen LogP) is -1.40. The molecule has 0 aromatic heterocycles. The zero-order chi connectivity index (χ0) is 14.3. The van der Waals surface area contributed by atoms with Gasteiger partial charge in [0.1, 0.15) is 0 Å². The van der Waals surface area contributed by atoms with Crippen LogP contribution in [0.25, 0.3) is 0 Å². The normalized spacial score (nSPS) is 16.1. The second-order valence-corrected chi connectivity index (χ2v) is 3.92. The fourth-order valence-corrected chi connectivity index (χ4v) is 0.654. The fraction of sp³-hybridized carbons (Fsp3) is 1.00. The van der Waals surface area contributed by atoms with Crippen molar-refractivity contribution < 1.29 is 104 Å². The smallest absolute Gasteiger partial charge is 0.743 e. The van der Waals surface area contributed by atoms with E-state index in [9.17, 15) is 48.1 Å². The molecule has 104 valence electrons. The van der Waals surface area contributed by atoms with Crippen molar-refractivity contribution in [3.8, 4) is 0 Å². The summed E-state index contributed by atoms with van der Waals surface area (Å²) in [6, 6.07) is 0. The molecule has 0 spiro atoms. The standard InChI is InChI=1S/C4H2F8O4S.K/c5-1(2(6,7)17(13,14)15)16-4(11,12)3(8,9)10;/h1H,(H,13,14,15);/q;+1/p-1/t1-;/m0./s1. The number of halogens is 8. The Bertz CT molecular complexity index is 377. The van der Waals surface area contributed by atoms with Gasteiger partial charge < -0.3 is 4.55 Å². The van der Waals surface area contributed by atoms with E-state index in [0.717, 1.165) is 0 Å². The van der Waals surface area contributed by atoms with Crippen LogP contribution in [0.15, 0.2) is 0 Å². The molecule has 0 fully saturated rings. The van der Waals surface area contributed by atoms with Crippen LogP contribution >= 0.6 is 0 Å². The van der Waals surface area contributed by atoms with Crippen LogP contribution in [-0.4, -0.2) is 36.9 Å². The van der Waals surface area contributed by atoms with E-state index in [0.29, 0.717) is 0 Å². The maximum absolute atomic E-state index is 12.2. The Balaban J connectivity index is 0. The van der Waals surface area contributed by atoms with Gasteiger partial charge in [0.25, 0.3) is 6.36 Å². The zero-order valence-corrected chi connectivity index (χ0v) is 12.1. The zero-order valence-electron chi connectivity index (χ0n) is 8.14. The molecule has 0 N–H and O–H groups in total. The third-order valence-electron chi connectivity index (χ3n) is 1.18. The maximum Gasteiger partial charge on any atom is 1.00 e. The Morgan fingerprint density at radius 2 is 1.33 bits per heavy atom. The molecule has 18 heavy (non-hydrogen) atoms. The van der Waals surface area contributed by atoms with Crippen LogP contribution in [0.3, 0.4) is 0 Å². The molecule has 0 saturated carbocycles. The monoisotopic (exact) mass is 336 g/mol. The first-order chi connectivity index (χ1) is 7.13. The Kier molecular flexibility index (Phi) is 7.26. The summed E-state index contributed by atoms with van der Waals surface area (Å²) in [5.41, 5.74) is 0. The molecule has 0 heterocycles. The van der Waals surface area contributed by atoms with Crippen LogP contribution in [0.4, 0.5) is 35.1 Å². The van der Waals surface area contributed by atoms with Crippen molar-refractivity contribution in [2.45, 2.75) is 23.9 Å². The van der Waals surface area contributed by atoms with Crippen molar-refractivity contribution >= 4 is 10.1 Å². The van der Waals surface area contributed by atoms with Gasteiger partial charge in [-0.2, -0.15) is 30.7 Å². The topological polar surface area (TPSA) is 66.4 Å². The van der Waals surface area contributed by atoms with Crippen LogP contribution < -0.4 is 51.4 Å². The Morgan fingerprint density at radius 3 is 1.56 bits per heavy atom. The van der Waals surface area contributed by atoms with Gasteiger partial charge in [-0.25, -0.2) is 12.8 Å². The number of rotatable bonds is 4. The van der Waals surface area contributed by atoms with Crippen molar-refractivity contribution in [1.29, 1.82) is 0 Å². The van der Waals surface area contributed by atoms with Crippen molar-refractivity contribution in [3.63, 3.8) is 0 Å². The van der Waals surface area contributed by atoms with Gasteiger partial charge >= 0.3 is 68.9 Å². The van der Waals surface area contributed by atoms with Crippen LogP contribution in [0.1, 0.15) is 0 Å². The molecular formula is C4HF8KO4S. The quantitative estimate of drug-likeness (QED) is 0.360. The number of ether oxygens (including phenoxy) is 1. The molecule has 14 heteroatoms. The first kappa shape index (κ1) is 21.2. The average Bonchev–Trinajstić information content (AvgIpc) is 1.98. The van der Waals surface area contributed by atoms with Crippen LogP contribution in [0.5, 0.6) is 0 Å². The predicted molar refractivity (Wildman–Crippen MR) is 31.6 cm³/mol. The summed E-state index contributed by atoms with van der Waals surface area (Å²) in [5, 5.41) is -6.08. The molecule has 0 aliphatic rings. The van der Waals surface area contributed by atoms with E-state index in [1.807, 2.05) is 4.74 Å². The van der Waals surface area contributed by atoms with E-state index in [1.165, 1.54) is 0 Å². The van der Waals surface area contributed by atoms with E-state index in [1.54, 1.807) is 0 Å². The first-order valence-corrected chi connectivity index (χ1v) is 4.63. The van der Waals surface area contributed by atoms with Gasteiger partial charge in [0.05, 0.1) is 0 Å². The molecule has 0 bridgehead atoms. The minimum absolute atomic E-state index is 0. The average molecular weight is 336 g/mol. The van der Waals surface area contributed by atoms with E-state index in [4.69, 9.17) is 0 Å². The fourth-order valence-electron chi connectivity index (χ4n) is 0.379. The minimum Gasteiger partial charge on any atom is -0.743 e. The molecule has 0 aliphatic carbocycles. The van der Waals surface area contributed by atoms with Gasteiger partial charge in [-0.05, 0) is 0 Å². The molecule has 0 amide bonds. The van der Waals surface area contributed by atoms with Crippen molar-refractivity contribution in [2.24, 2.45) is 0 Å². The molecule has 0 radical (unpaired) electrons. The Labute approximate surface area is 137 Å². The summed E-state index contributed by atoms with van der Waals surface area (Å²) in [6.07, 6.45) is -17.9. The third-order valence-corrected chi connectivity index (χ3v) is 2.03. The molecule has 0 unspecified atom stereocenters. The Morgan fingerprint density at radius 1 is 1.00 bits per heavy atom. The van der Waals surface area contributed by atoms with E-state index in [-0.39, 0.29) is 51.4 Å². The van der Waals surface area contributed by atoms with Crippen LogP contribution in [0, 0.1) is 0 Å². The van der Waals surface area contributed by atoms with Gasteiger partial charge in [-0.15, -0.1) is 0 Å². The molecule has 0 aromatic rings. The third kappa shape index (κ3) is 4.81. The summed E-state index contributed by atoms with van der Waals surface area (Å²) in [6.45, 7) is 0. The van der Waals surface area contributed by atoms with Crippen LogP contribution in [-0.2, 0) is 14.9 Å². The second-order valence-electron chi connectivity index (χ2n) is 2.46. The summed E-state index contributed by atoms with van der Waals surface area (Å²) < 4.78 is 125. The van der Waals surface area contributed by atoms with Gasteiger partial charge in [0.15, 0.2) is 10.1 Å². The first-order valence-electron chi connectivity index (χ1n) is 3.22. The molecule has 0 aliphatic heterocycles. The van der Waals surface area contributed by atoms with Gasteiger partial charge in [0, 0.05) is 0 Å². The van der Waals surface area contributed by atoms with E-state index in [2.05, 4.69) is 0 Å². The second kappa shape index (κ2) is 6.15. The summed E-state index contributed by atoms with van der Waals surface area (Å²) in [4.78, 5) is 0. The van der Waals surface area contributed by atoms with Crippen molar-refractivity contribution in [2.75, 3.05) is 0 Å². The Hall–Kier alpha value is 0.946. The molecule has 0 saturated heterocycles. The van der Waals surface area contributed by atoms with Gasteiger partial charge in [-0.1, -0.05) is 0 Å². The summed E-state index contributed by atoms with van der Waals surface area (Å²) in [5.74, 6) is 0. The largest absolute Gasteiger partial charge is 1.00 e. The molecule has 0 rings (SSSR count). The van der Waals surface area contributed by atoms with Gasteiger partial charge in [-0.3, -0.25) is 4.74 Å². The summed E-state index contributed by atoms with van der Waals surface area (Å²) >= 11 is 0. The number of alkyl halides is 8. The number of hydrogen-bond donors (Lipinski definition) is 0. The van der Waals surface area contributed by atoms with Gasteiger partial charge in [0.2, 0.25) is 0 Å². The molecule has 0 aromatic carbocycles. The SMILES string of the molecule is O=S(=O)([O-])C(F)(F)[C@@H](F)OC(F)(F)C(F)(F)F.[K+]. The van der Waals surface area contributed by atoms with E-state index < -0.39 is 34.0 Å². The minimum atomic E-state index is -6.80. The molecule has 4 nitrogen and oxygen atoms in total. The van der Waals surface area contributed by atoms with Crippen molar-refractivity contribution in [1.82, 2.24) is 0 Å². The van der Waals surface area contributed by atoms with Crippen molar-refractivity contribution in [3.05, 3.63) is 0 Å². The van der Waals surface area contributed by atoms with Crippen LogP contribution in [0.2, 0.25) is 0 Å². The molecular weight excluding hydrogens is 335 g/mol. The molecule has 1 atom stereocenters.